The van der Waals surface area contributed by atoms with E-state index < -0.39 is 0 Å². The first-order valence-electron chi connectivity index (χ1n) is 8.11. The van der Waals surface area contributed by atoms with Gasteiger partial charge in [-0.1, -0.05) is 60.3 Å². The van der Waals surface area contributed by atoms with Crippen molar-refractivity contribution in [3.8, 4) is 0 Å². The Morgan fingerprint density at radius 2 is 1.64 bits per heavy atom. The minimum atomic E-state index is -0.360. The molecular formula is C21H17NO2S. The number of rotatable bonds is 2. The Bertz CT molecular complexity index is 924. The fourth-order valence-corrected chi connectivity index (χ4v) is 4.00. The van der Waals surface area contributed by atoms with E-state index in [2.05, 4.69) is 13.0 Å². The third kappa shape index (κ3) is 3.13. The van der Waals surface area contributed by atoms with E-state index >= 15 is 0 Å². The maximum atomic E-state index is 12.9. The highest BCUT2D eigenvalue weighted by Gasteiger charge is 2.29. The zero-order chi connectivity index (χ0) is 17.2. The average molecular weight is 347 g/mol. The summed E-state index contributed by atoms with van der Waals surface area (Å²) in [5.74, 6) is 0. The van der Waals surface area contributed by atoms with Crippen LogP contribution >= 0.6 is 11.8 Å². The number of aryl methyl sites for hydroxylation is 1. The molecule has 0 bridgehead atoms. The highest BCUT2D eigenvalue weighted by atomic mass is 32.2. The number of anilines is 2. The van der Waals surface area contributed by atoms with Crippen molar-refractivity contribution in [2.45, 2.75) is 23.3 Å². The van der Waals surface area contributed by atoms with Crippen LogP contribution in [0.3, 0.4) is 0 Å². The fourth-order valence-electron chi connectivity index (χ4n) is 2.84. The van der Waals surface area contributed by atoms with E-state index in [1.165, 1.54) is 5.56 Å². The summed E-state index contributed by atoms with van der Waals surface area (Å²) in [6.07, 6.45) is -0.360. The fraction of sp³-hybridized carbons (Fsp3) is 0.0952. The second kappa shape index (κ2) is 6.65. The van der Waals surface area contributed by atoms with Gasteiger partial charge in [0.2, 0.25) is 0 Å². The van der Waals surface area contributed by atoms with E-state index in [9.17, 15) is 4.79 Å². The minimum Gasteiger partial charge on any atom is -0.444 e. The van der Waals surface area contributed by atoms with Gasteiger partial charge >= 0.3 is 6.09 Å². The van der Waals surface area contributed by atoms with Crippen LogP contribution in [-0.2, 0) is 11.3 Å². The van der Waals surface area contributed by atoms with Crippen LogP contribution in [0.4, 0.5) is 16.2 Å². The monoisotopic (exact) mass is 347 g/mol. The van der Waals surface area contributed by atoms with Crippen LogP contribution in [0.2, 0.25) is 0 Å². The zero-order valence-electron chi connectivity index (χ0n) is 13.8. The molecule has 0 atom stereocenters. The number of benzene rings is 3. The van der Waals surface area contributed by atoms with E-state index in [1.54, 1.807) is 16.7 Å². The summed E-state index contributed by atoms with van der Waals surface area (Å²) in [6.45, 7) is 2.31. The van der Waals surface area contributed by atoms with Gasteiger partial charge in [0.25, 0.3) is 0 Å². The van der Waals surface area contributed by atoms with Crippen LogP contribution in [0.1, 0.15) is 11.1 Å². The SMILES string of the molecule is Cc1ccc2c(c1)Sc1ccccc1N2C(=O)OCc1ccccc1. The van der Waals surface area contributed by atoms with E-state index in [0.29, 0.717) is 0 Å². The van der Waals surface area contributed by atoms with Crippen molar-refractivity contribution in [3.05, 3.63) is 83.9 Å². The molecule has 0 unspecified atom stereocenters. The number of hydrogen-bond acceptors (Lipinski definition) is 3. The van der Waals surface area contributed by atoms with Gasteiger partial charge in [0, 0.05) is 9.79 Å². The first kappa shape index (κ1) is 15.8. The number of nitrogens with zero attached hydrogens (tertiary/aromatic N) is 1. The van der Waals surface area contributed by atoms with Crippen molar-refractivity contribution in [2.24, 2.45) is 0 Å². The Balaban J connectivity index is 1.67. The Morgan fingerprint density at radius 1 is 0.920 bits per heavy atom. The zero-order valence-corrected chi connectivity index (χ0v) is 14.6. The lowest BCUT2D eigenvalue weighted by Crippen LogP contribution is -2.29. The summed E-state index contributed by atoms with van der Waals surface area (Å²) < 4.78 is 5.59. The molecule has 4 heteroatoms. The topological polar surface area (TPSA) is 29.5 Å². The first-order valence-corrected chi connectivity index (χ1v) is 8.92. The lowest BCUT2D eigenvalue weighted by atomic mass is 10.2. The minimum absolute atomic E-state index is 0.257. The molecule has 0 fully saturated rings. The van der Waals surface area contributed by atoms with Crippen molar-refractivity contribution in [1.82, 2.24) is 0 Å². The number of carbonyl (C=O) groups is 1. The molecule has 0 aromatic heterocycles. The summed E-state index contributed by atoms with van der Waals surface area (Å²) in [5.41, 5.74) is 3.87. The molecule has 0 aliphatic carbocycles. The Hall–Kier alpha value is -2.72. The van der Waals surface area contributed by atoms with Gasteiger partial charge in [0.1, 0.15) is 6.61 Å². The number of para-hydroxylation sites is 1. The molecule has 3 aromatic carbocycles. The second-order valence-corrected chi connectivity index (χ2v) is 7.00. The van der Waals surface area contributed by atoms with Gasteiger partial charge in [0.05, 0.1) is 11.4 Å². The molecule has 0 saturated carbocycles. The van der Waals surface area contributed by atoms with Crippen molar-refractivity contribution >= 4 is 29.2 Å². The van der Waals surface area contributed by atoms with Gasteiger partial charge in [-0.3, -0.25) is 0 Å². The predicted octanol–water partition coefficient (Wildman–Crippen LogP) is 5.93. The smallest absolute Gasteiger partial charge is 0.419 e. The molecular weight excluding hydrogens is 330 g/mol. The summed E-state index contributed by atoms with van der Waals surface area (Å²) >= 11 is 1.68. The number of hydrogen-bond donors (Lipinski definition) is 0. The van der Waals surface area contributed by atoms with E-state index in [1.807, 2.05) is 66.7 Å². The molecule has 3 aromatic rings. The Labute approximate surface area is 151 Å². The maximum Gasteiger partial charge on any atom is 0.419 e. The predicted molar refractivity (Wildman–Crippen MR) is 101 cm³/mol. The van der Waals surface area contributed by atoms with Crippen LogP contribution in [0.5, 0.6) is 0 Å². The van der Waals surface area contributed by atoms with E-state index in [-0.39, 0.29) is 12.7 Å². The van der Waals surface area contributed by atoms with Gasteiger partial charge in [-0.25, -0.2) is 9.69 Å². The van der Waals surface area contributed by atoms with Crippen molar-refractivity contribution in [2.75, 3.05) is 4.90 Å². The first-order chi connectivity index (χ1) is 12.2. The number of fused-ring (bicyclic) bond motifs is 2. The highest BCUT2D eigenvalue weighted by Crippen LogP contribution is 2.48. The van der Waals surface area contributed by atoms with Crippen LogP contribution in [0.25, 0.3) is 0 Å². The third-order valence-corrected chi connectivity index (χ3v) is 5.18. The Kier molecular flexibility index (Phi) is 4.20. The molecule has 4 rings (SSSR count). The molecule has 0 saturated heterocycles. The maximum absolute atomic E-state index is 12.9. The van der Waals surface area contributed by atoms with Crippen molar-refractivity contribution in [1.29, 1.82) is 0 Å². The third-order valence-electron chi connectivity index (χ3n) is 4.07. The van der Waals surface area contributed by atoms with Crippen LogP contribution in [0, 0.1) is 6.92 Å². The van der Waals surface area contributed by atoms with Gasteiger partial charge in [-0.15, -0.1) is 0 Å². The normalized spacial score (nSPS) is 12.3. The van der Waals surface area contributed by atoms with Gasteiger partial charge in [0.15, 0.2) is 0 Å². The summed E-state index contributed by atoms with van der Waals surface area (Å²) in [5, 5.41) is 0. The molecule has 0 spiro atoms. The summed E-state index contributed by atoms with van der Waals surface area (Å²) in [6, 6.07) is 23.7. The van der Waals surface area contributed by atoms with E-state index in [4.69, 9.17) is 4.74 Å². The van der Waals surface area contributed by atoms with Crippen LogP contribution in [-0.4, -0.2) is 6.09 Å². The lowest BCUT2D eigenvalue weighted by Gasteiger charge is -2.30. The summed E-state index contributed by atoms with van der Waals surface area (Å²) in [7, 11) is 0. The highest BCUT2D eigenvalue weighted by molar-refractivity contribution is 7.99. The quantitative estimate of drug-likeness (QED) is 0.575. The number of carbonyl (C=O) groups excluding carboxylic acids is 1. The molecule has 124 valence electrons. The summed E-state index contributed by atoms with van der Waals surface area (Å²) in [4.78, 5) is 16.7. The second-order valence-electron chi connectivity index (χ2n) is 5.92. The molecule has 3 nitrogen and oxygen atoms in total. The molecule has 1 aliphatic heterocycles. The van der Waals surface area contributed by atoms with Gasteiger partial charge in [-0.05, 0) is 42.3 Å². The molecule has 25 heavy (non-hydrogen) atoms. The molecule has 0 N–H and O–H groups in total. The average Bonchev–Trinajstić information content (AvgIpc) is 2.65. The van der Waals surface area contributed by atoms with Crippen LogP contribution < -0.4 is 4.90 Å². The lowest BCUT2D eigenvalue weighted by molar-refractivity contribution is 0.149. The molecule has 1 heterocycles. The molecule has 1 amide bonds. The number of amides is 1. The Morgan fingerprint density at radius 3 is 2.48 bits per heavy atom. The van der Waals surface area contributed by atoms with E-state index in [0.717, 1.165) is 26.7 Å². The standard InChI is InChI=1S/C21H17NO2S/c1-15-11-12-18-20(13-15)25-19-10-6-5-9-17(19)22(18)21(23)24-14-16-7-3-2-4-8-16/h2-13H,14H2,1H3. The van der Waals surface area contributed by atoms with Crippen molar-refractivity contribution < 1.29 is 9.53 Å². The van der Waals surface area contributed by atoms with Crippen molar-refractivity contribution in [3.63, 3.8) is 0 Å². The van der Waals surface area contributed by atoms with Crippen LogP contribution in [0.15, 0.2) is 82.6 Å². The van der Waals surface area contributed by atoms with Gasteiger partial charge < -0.3 is 4.74 Å². The molecule has 1 aliphatic rings. The largest absolute Gasteiger partial charge is 0.444 e. The molecule has 0 radical (unpaired) electrons. The number of ether oxygens (including phenoxy) is 1. The van der Waals surface area contributed by atoms with Gasteiger partial charge in [-0.2, -0.15) is 0 Å².